The number of hydrogen-bond acceptors (Lipinski definition) is 4. The third-order valence-corrected chi connectivity index (χ3v) is 5.28. The molecule has 0 aliphatic carbocycles. The summed E-state index contributed by atoms with van der Waals surface area (Å²) < 4.78 is 0. The van der Waals surface area contributed by atoms with Crippen molar-refractivity contribution in [3.8, 4) is 0 Å². The second-order valence-electron chi connectivity index (χ2n) is 8.04. The molecule has 0 radical (unpaired) electrons. The lowest BCUT2D eigenvalue weighted by Gasteiger charge is -2.25. The molecule has 0 atom stereocenters. The Morgan fingerprint density at radius 1 is 0.767 bits per heavy atom. The molecule has 4 heteroatoms. The van der Waals surface area contributed by atoms with E-state index in [4.69, 9.17) is 4.98 Å². The van der Waals surface area contributed by atoms with Crippen LogP contribution in [-0.2, 0) is 19.6 Å². The third-order valence-electron chi connectivity index (χ3n) is 5.28. The van der Waals surface area contributed by atoms with Crippen molar-refractivity contribution in [1.82, 2.24) is 14.9 Å². The van der Waals surface area contributed by atoms with Crippen molar-refractivity contribution >= 4 is 16.7 Å². The predicted octanol–water partition coefficient (Wildman–Crippen LogP) is 5.21. The lowest BCUT2D eigenvalue weighted by molar-refractivity contribution is 0.247. The average molecular weight is 397 g/mol. The molecule has 0 N–H and O–H groups in total. The maximum absolute atomic E-state index is 4.94. The van der Waals surface area contributed by atoms with Gasteiger partial charge in [0.1, 0.15) is 5.82 Å². The number of rotatable bonds is 7. The van der Waals surface area contributed by atoms with Crippen LogP contribution in [-0.4, -0.2) is 29.0 Å². The number of aromatic nitrogens is 2. The molecule has 0 spiro atoms. The highest BCUT2D eigenvalue weighted by molar-refractivity contribution is 5.81. The SMILES string of the molecule is Cc1ccc(CN(Cc2ccncc2)Cc2cc3ccccc3nc2N(C)C)cc1. The molecule has 4 nitrogen and oxygen atoms in total. The summed E-state index contributed by atoms with van der Waals surface area (Å²) in [6.07, 6.45) is 3.73. The molecule has 0 amide bonds. The number of benzene rings is 2. The maximum atomic E-state index is 4.94. The van der Waals surface area contributed by atoms with Crippen LogP contribution in [0.2, 0.25) is 0 Å². The molecule has 0 unspecified atom stereocenters. The van der Waals surface area contributed by atoms with Gasteiger partial charge < -0.3 is 4.90 Å². The quantitative estimate of drug-likeness (QED) is 0.429. The van der Waals surface area contributed by atoms with E-state index in [2.05, 4.69) is 96.5 Å². The van der Waals surface area contributed by atoms with Gasteiger partial charge in [-0.1, -0.05) is 48.0 Å². The zero-order valence-corrected chi connectivity index (χ0v) is 17.9. The van der Waals surface area contributed by atoms with E-state index in [1.165, 1.54) is 27.6 Å². The first-order valence-electron chi connectivity index (χ1n) is 10.3. The van der Waals surface area contributed by atoms with Crippen LogP contribution in [0.5, 0.6) is 0 Å². The summed E-state index contributed by atoms with van der Waals surface area (Å²) in [4.78, 5) is 13.7. The van der Waals surface area contributed by atoms with E-state index in [1.807, 2.05) is 18.5 Å². The number of nitrogens with zero attached hydrogens (tertiary/aromatic N) is 4. The molecule has 4 aromatic rings. The van der Waals surface area contributed by atoms with Crippen molar-refractivity contribution in [3.05, 3.63) is 101 Å². The Kier molecular flexibility index (Phi) is 6.05. The van der Waals surface area contributed by atoms with Gasteiger partial charge in [-0.25, -0.2) is 4.98 Å². The summed E-state index contributed by atoms with van der Waals surface area (Å²) in [5.41, 5.74) is 6.13. The molecule has 0 fully saturated rings. The third kappa shape index (κ3) is 4.84. The molecular weight excluding hydrogens is 368 g/mol. The molecular formula is C26H28N4. The Morgan fingerprint density at radius 2 is 1.43 bits per heavy atom. The minimum Gasteiger partial charge on any atom is -0.362 e. The second-order valence-corrected chi connectivity index (χ2v) is 8.04. The van der Waals surface area contributed by atoms with Gasteiger partial charge in [-0.15, -0.1) is 0 Å². The highest BCUT2D eigenvalue weighted by Gasteiger charge is 2.14. The Labute approximate surface area is 178 Å². The summed E-state index contributed by atoms with van der Waals surface area (Å²) in [7, 11) is 4.13. The molecule has 0 aliphatic rings. The molecule has 30 heavy (non-hydrogen) atoms. The van der Waals surface area contributed by atoms with Crippen molar-refractivity contribution in [2.75, 3.05) is 19.0 Å². The Morgan fingerprint density at radius 3 is 2.13 bits per heavy atom. The molecule has 0 bridgehead atoms. The molecule has 2 aromatic carbocycles. The van der Waals surface area contributed by atoms with Gasteiger partial charge in [0.05, 0.1) is 5.52 Å². The van der Waals surface area contributed by atoms with Crippen LogP contribution in [0.1, 0.15) is 22.3 Å². The summed E-state index contributed by atoms with van der Waals surface area (Å²) >= 11 is 0. The van der Waals surface area contributed by atoms with Crippen LogP contribution in [0.3, 0.4) is 0 Å². The number of aryl methyl sites for hydroxylation is 1. The number of fused-ring (bicyclic) bond motifs is 1. The molecule has 2 heterocycles. The summed E-state index contributed by atoms with van der Waals surface area (Å²) in [6.45, 7) is 4.68. The van der Waals surface area contributed by atoms with E-state index in [9.17, 15) is 0 Å². The minimum atomic E-state index is 0.821. The monoisotopic (exact) mass is 396 g/mol. The Hall–Kier alpha value is -3.24. The lowest BCUT2D eigenvalue weighted by Crippen LogP contribution is -2.24. The highest BCUT2D eigenvalue weighted by atomic mass is 15.2. The fraction of sp³-hybridized carbons (Fsp3) is 0.231. The Bertz CT molecular complexity index is 1100. The van der Waals surface area contributed by atoms with Gasteiger partial charge in [-0.2, -0.15) is 0 Å². The van der Waals surface area contributed by atoms with Gasteiger partial charge in [0.25, 0.3) is 0 Å². The fourth-order valence-corrected chi connectivity index (χ4v) is 3.76. The first kappa shape index (κ1) is 20.0. The molecule has 0 saturated carbocycles. The first-order chi connectivity index (χ1) is 14.6. The summed E-state index contributed by atoms with van der Waals surface area (Å²) in [5, 5.41) is 1.18. The van der Waals surface area contributed by atoms with Crippen LogP contribution in [0.4, 0.5) is 5.82 Å². The largest absolute Gasteiger partial charge is 0.362 e. The first-order valence-corrected chi connectivity index (χ1v) is 10.3. The van der Waals surface area contributed by atoms with Crippen molar-refractivity contribution in [2.24, 2.45) is 0 Å². The lowest BCUT2D eigenvalue weighted by atomic mass is 10.1. The predicted molar refractivity (Wildman–Crippen MR) is 124 cm³/mol. The van der Waals surface area contributed by atoms with E-state index in [-0.39, 0.29) is 0 Å². The highest BCUT2D eigenvalue weighted by Crippen LogP contribution is 2.25. The molecule has 0 saturated heterocycles. The van der Waals surface area contributed by atoms with E-state index in [1.54, 1.807) is 0 Å². The number of para-hydroxylation sites is 1. The van der Waals surface area contributed by atoms with E-state index in [0.29, 0.717) is 0 Å². The van der Waals surface area contributed by atoms with Gasteiger partial charge in [0.2, 0.25) is 0 Å². The average Bonchev–Trinajstić information content (AvgIpc) is 2.75. The van der Waals surface area contributed by atoms with E-state index >= 15 is 0 Å². The Balaban J connectivity index is 1.68. The fourth-order valence-electron chi connectivity index (χ4n) is 3.76. The topological polar surface area (TPSA) is 32.3 Å². The summed E-state index contributed by atoms with van der Waals surface area (Å²) in [5.74, 6) is 1.03. The zero-order valence-electron chi connectivity index (χ0n) is 17.9. The van der Waals surface area contributed by atoms with Gasteiger partial charge in [-0.3, -0.25) is 9.88 Å². The van der Waals surface area contributed by atoms with E-state index in [0.717, 1.165) is 31.0 Å². The van der Waals surface area contributed by atoms with Crippen LogP contribution < -0.4 is 4.90 Å². The zero-order chi connectivity index (χ0) is 20.9. The normalized spacial score (nSPS) is 11.2. The molecule has 0 aliphatic heterocycles. The van der Waals surface area contributed by atoms with E-state index < -0.39 is 0 Å². The number of hydrogen-bond donors (Lipinski definition) is 0. The standard InChI is InChI=1S/C26H28N4/c1-20-8-10-21(11-9-20)17-30(18-22-12-14-27-15-13-22)19-24-16-23-6-4-5-7-25(23)28-26(24)29(2)3/h4-16H,17-19H2,1-3H3. The molecule has 152 valence electrons. The van der Waals surface area contributed by atoms with Crippen LogP contribution in [0, 0.1) is 6.92 Å². The van der Waals surface area contributed by atoms with Crippen molar-refractivity contribution < 1.29 is 0 Å². The van der Waals surface area contributed by atoms with Gasteiger partial charge in [-0.05, 0) is 42.3 Å². The number of pyridine rings is 2. The van der Waals surface area contributed by atoms with Crippen molar-refractivity contribution in [2.45, 2.75) is 26.6 Å². The van der Waals surface area contributed by atoms with Crippen molar-refractivity contribution in [1.29, 1.82) is 0 Å². The van der Waals surface area contributed by atoms with Crippen LogP contribution in [0.15, 0.2) is 79.1 Å². The molecule has 4 rings (SSSR count). The minimum absolute atomic E-state index is 0.821. The van der Waals surface area contributed by atoms with Crippen LogP contribution >= 0.6 is 0 Å². The van der Waals surface area contributed by atoms with Crippen LogP contribution in [0.25, 0.3) is 10.9 Å². The maximum Gasteiger partial charge on any atom is 0.133 e. The second kappa shape index (κ2) is 9.06. The smallest absolute Gasteiger partial charge is 0.133 e. The van der Waals surface area contributed by atoms with Gasteiger partial charge in [0, 0.05) is 57.1 Å². The summed E-state index contributed by atoms with van der Waals surface area (Å²) in [6, 6.07) is 23.6. The molecule has 2 aromatic heterocycles. The van der Waals surface area contributed by atoms with Gasteiger partial charge >= 0.3 is 0 Å². The van der Waals surface area contributed by atoms with Gasteiger partial charge in [0.15, 0.2) is 0 Å². The number of anilines is 1. The van der Waals surface area contributed by atoms with Crippen molar-refractivity contribution in [3.63, 3.8) is 0 Å².